The number of ether oxygens (including phenoxy) is 1. The first-order valence-electron chi connectivity index (χ1n) is 13.1. The van der Waals surface area contributed by atoms with E-state index >= 15 is 4.39 Å². The molecule has 2 saturated heterocycles. The molecule has 202 valence electrons. The Kier molecular flexibility index (Phi) is 6.59. The monoisotopic (exact) mass is 532 g/mol. The maximum absolute atomic E-state index is 15.2. The van der Waals surface area contributed by atoms with Crippen LogP contribution in [0.5, 0.6) is 0 Å². The van der Waals surface area contributed by atoms with Crippen LogP contribution in [0.1, 0.15) is 50.2 Å². The number of amides is 1. The number of hydrogen-bond acceptors (Lipinski definition) is 9. The highest BCUT2D eigenvalue weighted by Crippen LogP contribution is 2.36. The fraction of sp³-hybridized carbons (Fsp3) is 0.393. The lowest BCUT2D eigenvalue weighted by atomic mass is 9.95. The van der Waals surface area contributed by atoms with E-state index in [1.165, 1.54) is 11.0 Å². The quantitative estimate of drug-likeness (QED) is 0.379. The molecule has 1 amide bonds. The molecule has 4 aromatic rings. The van der Waals surface area contributed by atoms with Crippen molar-refractivity contribution in [3.8, 4) is 11.1 Å². The molecular formula is C28H29FN6O4. The van der Waals surface area contributed by atoms with Crippen molar-refractivity contribution in [3.63, 3.8) is 0 Å². The Balaban J connectivity index is 1.25. The topological polar surface area (TPSA) is 118 Å². The number of rotatable bonds is 6. The molecule has 2 aromatic heterocycles. The van der Waals surface area contributed by atoms with Crippen LogP contribution >= 0.6 is 0 Å². The van der Waals surface area contributed by atoms with Crippen molar-refractivity contribution in [1.29, 1.82) is 0 Å². The zero-order valence-electron chi connectivity index (χ0n) is 21.7. The van der Waals surface area contributed by atoms with Crippen molar-refractivity contribution in [3.05, 3.63) is 60.3 Å². The zero-order chi connectivity index (χ0) is 27.1. The molecule has 0 saturated carbocycles. The molecule has 39 heavy (non-hydrogen) atoms. The van der Waals surface area contributed by atoms with E-state index in [0.717, 1.165) is 54.0 Å². The van der Waals surface area contributed by atoms with Gasteiger partial charge in [0.05, 0.1) is 24.4 Å². The van der Waals surface area contributed by atoms with Crippen LogP contribution < -0.4 is 9.80 Å². The van der Waals surface area contributed by atoms with Gasteiger partial charge in [0.15, 0.2) is 5.82 Å². The van der Waals surface area contributed by atoms with Gasteiger partial charge in [-0.25, -0.2) is 19.2 Å². The highest BCUT2D eigenvalue weighted by atomic mass is 19.1. The van der Waals surface area contributed by atoms with Crippen LogP contribution in [0.4, 0.5) is 20.7 Å². The third-order valence-corrected chi connectivity index (χ3v) is 7.38. The van der Waals surface area contributed by atoms with Gasteiger partial charge in [0.25, 0.3) is 0 Å². The summed E-state index contributed by atoms with van der Waals surface area (Å²) in [6.07, 6.45) is 1.96. The number of fused-ring (bicyclic) bond motifs is 1. The summed E-state index contributed by atoms with van der Waals surface area (Å²) in [5.41, 5.74) is 2.23. The van der Waals surface area contributed by atoms with Crippen molar-refractivity contribution in [2.24, 2.45) is 0 Å². The van der Waals surface area contributed by atoms with Gasteiger partial charge in [-0.2, -0.15) is 4.98 Å². The summed E-state index contributed by atoms with van der Waals surface area (Å²) in [5, 5.41) is 14.4. The lowest BCUT2D eigenvalue weighted by Crippen LogP contribution is -2.34. The molecule has 0 spiro atoms. The van der Waals surface area contributed by atoms with Crippen LogP contribution in [-0.4, -0.2) is 63.7 Å². The number of cyclic esters (lactones) is 1. The fourth-order valence-electron chi connectivity index (χ4n) is 5.26. The van der Waals surface area contributed by atoms with Gasteiger partial charge in [-0.05, 0) is 36.6 Å². The zero-order valence-corrected chi connectivity index (χ0v) is 21.7. The molecule has 0 aliphatic carbocycles. The van der Waals surface area contributed by atoms with Crippen molar-refractivity contribution >= 4 is 28.5 Å². The molecule has 10 nitrogen and oxygen atoms in total. The van der Waals surface area contributed by atoms with Crippen molar-refractivity contribution < 1.29 is 23.6 Å². The number of aliphatic hydroxyl groups excluding tert-OH is 1. The van der Waals surface area contributed by atoms with Crippen molar-refractivity contribution in [2.75, 3.05) is 36.0 Å². The van der Waals surface area contributed by atoms with Crippen LogP contribution in [0.15, 0.2) is 47.2 Å². The van der Waals surface area contributed by atoms with Crippen LogP contribution in [0.3, 0.4) is 0 Å². The fourth-order valence-corrected chi connectivity index (χ4v) is 5.26. The maximum atomic E-state index is 15.2. The van der Waals surface area contributed by atoms with Gasteiger partial charge in [-0.3, -0.25) is 4.90 Å². The van der Waals surface area contributed by atoms with E-state index in [0.29, 0.717) is 11.5 Å². The predicted octanol–water partition coefficient (Wildman–Crippen LogP) is 4.64. The van der Waals surface area contributed by atoms with Crippen LogP contribution in [0.2, 0.25) is 0 Å². The SMILES string of the molecule is CC(C)c1nc(C2CCN(c3ncnc4c(-c5ccc(N6C[C@H](CO)OC6=O)c(F)c5)cccc34)CC2)no1. The normalized spacial score (nSPS) is 18.4. The summed E-state index contributed by atoms with van der Waals surface area (Å²) in [7, 11) is 0. The van der Waals surface area contributed by atoms with Crippen LogP contribution in [0.25, 0.3) is 22.0 Å². The van der Waals surface area contributed by atoms with Gasteiger partial charge in [0.2, 0.25) is 5.89 Å². The summed E-state index contributed by atoms with van der Waals surface area (Å²) in [6, 6.07) is 10.5. The predicted molar refractivity (Wildman–Crippen MR) is 142 cm³/mol. The molecule has 0 unspecified atom stereocenters. The van der Waals surface area contributed by atoms with E-state index in [-0.39, 0.29) is 30.7 Å². The third-order valence-electron chi connectivity index (χ3n) is 7.38. The average molecular weight is 533 g/mol. The Morgan fingerprint density at radius 2 is 1.97 bits per heavy atom. The summed E-state index contributed by atoms with van der Waals surface area (Å²) < 4.78 is 25.7. The lowest BCUT2D eigenvalue weighted by molar-refractivity contribution is 0.0963. The number of carbonyl (C=O) groups excluding carboxylic acids is 1. The van der Waals surface area contributed by atoms with E-state index in [9.17, 15) is 9.90 Å². The third kappa shape index (κ3) is 4.67. The first-order chi connectivity index (χ1) is 18.9. The second kappa shape index (κ2) is 10.2. The minimum Gasteiger partial charge on any atom is -0.441 e. The first-order valence-corrected chi connectivity index (χ1v) is 13.1. The molecule has 2 aromatic carbocycles. The number of nitrogens with zero attached hydrogens (tertiary/aromatic N) is 6. The molecule has 2 aliphatic heterocycles. The van der Waals surface area contributed by atoms with E-state index in [4.69, 9.17) is 9.26 Å². The summed E-state index contributed by atoms with van der Waals surface area (Å²) >= 11 is 0. The van der Waals surface area contributed by atoms with E-state index in [1.807, 2.05) is 32.0 Å². The van der Waals surface area contributed by atoms with E-state index in [1.54, 1.807) is 18.5 Å². The molecule has 0 bridgehead atoms. The molecule has 6 rings (SSSR count). The Morgan fingerprint density at radius 1 is 1.15 bits per heavy atom. The molecule has 4 heterocycles. The van der Waals surface area contributed by atoms with Crippen LogP contribution in [0, 0.1) is 5.82 Å². The summed E-state index contributed by atoms with van der Waals surface area (Å²) in [6.45, 7) is 5.43. The molecular weight excluding hydrogens is 503 g/mol. The van der Waals surface area contributed by atoms with Crippen molar-refractivity contribution in [1.82, 2.24) is 20.1 Å². The number of benzene rings is 2. The number of anilines is 2. The number of piperidine rings is 1. The Hall–Kier alpha value is -4.12. The Labute approximate surface area is 224 Å². The van der Waals surface area contributed by atoms with Gasteiger partial charge >= 0.3 is 6.09 Å². The highest BCUT2D eigenvalue weighted by molar-refractivity contribution is 5.99. The minimum absolute atomic E-state index is 0.0960. The summed E-state index contributed by atoms with van der Waals surface area (Å²) in [4.78, 5) is 29.3. The number of hydrogen-bond donors (Lipinski definition) is 1. The summed E-state index contributed by atoms with van der Waals surface area (Å²) in [5.74, 6) is 2.16. The lowest BCUT2D eigenvalue weighted by Gasteiger charge is -2.32. The number of para-hydroxylation sites is 1. The Morgan fingerprint density at radius 3 is 2.67 bits per heavy atom. The van der Waals surface area contributed by atoms with Gasteiger partial charge < -0.3 is 19.3 Å². The smallest absolute Gasteiger partial charge is 0.414 e. The molecule has 1 atom stereocenters. The standard InChI is InChI=1S/C28H29FN6O4/c1-16(2)27-32-25(33-39-27)17-8-10-34(11-9-17)26-21-5-3-4-20(24(21)30-15-31-26)18-6-7-23(22(29)12-18)35-13-19(14-36)38-28(35)37/h3-7,12,15-17,19,36H,8-11,13-14H2,1-2H3/t19-/m1/s1. The minimum atomic E-state index is -0.674. The average Bonchev–Trinajstić information content (AvgIpc) is 3.60. The number of aromatic nitrogens is 4. The second-order valence-corrected chi connectivity index (χ2v) is 10.3. The number of carbonyl (C=O) groups is 1. The van der Waals surface area contributed by atoms with E-state index < -0.39 is 18.0 Å². The number of aliphatic hydroxyl groups is 1. The van der Waals surface area contributed by atoms with Crippen LogP contribution in [-0.2, 0) is 4.74 Å². The molecule has 0 radical (unpaired) electrons. The van der Waals surface area contributed by atoms with Gasteiger partial charge in [0.1, 0.15) is 24.1 Å². The van der Waals surface area contributed by atoms with Gasteiger partial charge in [-0.1, -0.05) is 37.2 Å². The van der Waals surface area contributed by atoms with Crippen molar-refractivity contribution in [2.45, 2.75) is 44.6 Å². The molecule has 11 heteroatoms. The largest absolute Gasteiger partial charge is 0.441 e. The Bertz CT molecular complexity index is 1520. The van der Waals surface area contributed by atoms with Gasteiger partial charge in [-0.15, -0.1) is 0 Å². The van der Waals surface area contributed by atoms with E-state index in [2.05, 4.69) is 25.0 Å². The van der Waals surface area contributed by atoms with Gasteiger partial charge in [0, 0.05) is 35.9 Å². The maximum Gasteiger partial charge on any atom is 0.414 e. The second-order valence-electron chi connectivity index (χ2n) is 10.3. The first kappa shape index (κ1) is 25.2. The molecule has 2 aliphatic rings. The number of halogens is 1. The molecule has 2 fully saturated rings. The highest BCUT2D eigenvalue weighted by Gasteiger charge is 2.33. The molecule has 1 N–H and O–H groups in total.